The molecule has 2 nitrogen and oxygen atoms in total. The van der Waals surface area contributed by atoms with Gasteiger partial charge in [0.15, 0.2) is 0 Å². The van der Waals surface area contributed by atoms with Gasteiger partial charge in [-0.05, 0) is 42.2 Å². The van der Waals surface area contributed by atoms with Crippen LogP contribution in [0.5, 0.6) is 0 Å². The van der Waals surface area contributed by atoms with Gasteiger partial charge in [0.05, 0.1) is 6.04 Å². The minimum Gasteiger partial charge on any atom is -0.335 e. The van der Waals surface area contributed by atoms with E-state index in [9.17, 15) is 4.79 Å². The van der Waals surface area contributed by atoms with E-state index in [4.69, 9.17) is 0 Å². The van der Waals surface area contributed by atoms with E-state index in [1.54, 1.807) is 0 Å². The SMILES string of the molecule is CC(C)C1c2ccccc2CCN1C(=O)C(C)C1CC1. The van der Waals surface area contributed by atoms with Gasteiger partial charge < -0.3 is 4.90 Å². The van der Waals surface area contributed by atoms with E-state index >= 15 is 0 Å². The van der Waals surface area contributed by atoms with Crippen LogP contribution in [0.1, 0.15) is 50.8 Å². The molecule has 1 fully saturated rings. The molecule has 2 unspecified atom stereocenters. The highest BCUT2D eigenvalue weighted by atomic mass is 16.2. The fourth-order valence-corrected chi connectivity index (χ4v) is 3.62. The first-order valence-corrected chi connectivity index (χ1v) is 7.98. The predicted molar refractivity (Wildman–Crippen MR) is 81.3 cm³/mol. The first kappa shape index (κ1) is 13.7. The molecule has 2 heteroatoms. The zero-order chi connectivity index (χ0) is 14.3. The van der Waals surface area contributed by atoms with Crippen molar-refractivity contribution < 1.29 is 4.79 Å². The van der Waals surface area contributed by atoms with Crippen LogP contribution in [0.25, 0.3) is 0 Å². The molecule has 20 heavy (non-hydrogen) atoms. The Morgan fingerprint density at radius 3 is 2.55 bits per heavy atom. The lowest BCUT2D eigenvalue weighted by Gasteiger charge is -2.41. The molecule has 0 aromatic heterocycles. The molecule has 1 aromatic carbocycles. The Morgan fingerprint density at radius 1 is 1.20 bits per heavy atom. The van der Waals surface area contributed by atoms with Crippen LogP contribution in [0.3, 0.4) is 0 Å². The number of benzene rings is 1. The van der Waals surface area contributed by atoms with Crippen LogP contribution in [0.4, 0.5) is 0 Å². The van der Waals surface area contributed by atoms with Gasteiger partial charge >= 0.3 is 0 Å². The highest BCUT2D eigenvalue weighted by molar-refractivity contribution is 5.80. The monoisotopic (exact) mass is 271 g/mol. The molecule has 1 heterocycles. The summed E-state index contributed by atoms with van der Waals surface area (Å²) in [4.78, 5) is 15.0. The molecule has 1 aliphatic heterocycles. The van der Waals surface area contributed by atoms with E-state index < -0.39 is 0 Å². The highest BCUT2D eigenvalue weighted by Gasteiger charge is 2.39. The maximum Gasteiger partial charge on any atom is 0.226 e. The molecule has 1 aliphatic carbocycles. The second-order valence-electron chi connectivity index (χ2n) is 6.80. The molecule has 2 aliphatic rings. The summed E-state index contributed by atoms with van der Waals surface area (Å²) in [6, 6.07) is 8.90. The lowest BCUT2D eigenvalue weighted by atomic mass is 9.85. The Balaban J connectivity index is 1.89. The van der Waals surface area contributed by atoms with Gasteiger partial charge in [-0.3, -0.25) is 4.79 Å². The summed E-state index contributed by atoms with van der Waals surface area (Å²) in [6.07, 6.45) is 3.48. The van der Waals surface area contributed by atoms with E-state index in [2.05, 4.69) is 49.9 Å². The standard InChI is InChI=1S/C18H25NO/c1-12(2)17-16-7-5-4-6-15(16)10-11-19(17)18(20)13(3)14-8-9-14/h4-7,12-14,17H,8-11H2,1-3H3. The number of amides is 1. The molecule has 1 saturated carbocycles. The summed E-state index contributed by atoms with van der Waals surface area (Å²) in [6.45, 7) is 7.47. The molecular formula is C18H25NO. The topological polar surface area (TPSA) is 20.3 Å². The van der Waals surface area contributed by atoms with E-state index in [0.717, 1.165) is 13.0 Å². The summed E-state index contributed by atoms with van der Waals surface area (Å²) < 4.78 is 0. The Morgan fingerprint density at radius 2 is 1.90 bits per heavy atom. The van der Waals surface area contributed by atoms with E-state index in [-0.39, 0.29) is 12.0 Å². The normalized spacial score (nSPS) is 23.6. The van der Waals surface area contributed by atoms with Crippen LogP contribution >= 0.6 is 0 Å². The van der Waals surface area contributed by atoms with Crippen LogP contribution in [0.15, 0.2) is 24.3 Å². The van der Waals surface area contributed by atoms with Gasteiger partial charge in [-0.2, -0.15) is 0 Å². The Kier molecular flexibility index (Phi) is 3.57. The third-order valence-electron chi connectivity index (χ3n) is 4.96. The zero-order valence-electron chi connectivity index (χ0n) is 12.8. The number of carbonyl (C=O) groups is 1. The molecule has 0 radical (unpaired) electrons. The largest absolute Gasteiger partial charge is 0.335 e. The van der Waals surface area contributed by atoms with Crippen molar-refractivity contribution in [1.82, 2.24) is 4.90 Å². The van der Waals surface area contributed by atoms with Crippen molar-refractivity contribution in [3.05, 3.63) is 35.4 Å². The third-order valence-corrected chi connectivity index (χ3v) is 4.96. The molecule has 1 aromatic rings. The Bertz CT molecular complexity index is 504. The maximum absolute atomic E-state index is 12.8. The van der Waals surface area contributed by atoms with Crippen LogP contribution in [-0.2, 0) is 11.2 Å². The predicted octanol–water partition coefficient (Wildman–Crippen LogP) is 3.81. The van der Waals surface area contributed by atoms with Gasteiger partial charge in [-0.25, -0.2) is 0 Å². The molecular weight excluding hydrogens is 246 g/mol. The summed E-state index contributed by atoms with van der Waals surface area (Å²) >= 11 is 0. The molecule has 2 atom stereocenters. The smallest absolute Gasteiger partial charge is 0.226 e. The number of fused-ring (bicyclic) bond motifs is 1. The van der Waals surface area contributed by atoms with Gasteiger partial charge in [0.25, 0.3) is 0 Å². The molecule has 3 rings (SSSR count). The number of rotatable bonds is 3. The fourth-order valence-electron chi connectivity index (χ4n) is 3.62. The number of carbonyl (C=O) groups excluding carboxylic acids is 1. The van der Waals surface area contributed by atoms with Gasteiger partial charge in [0, 0.05) is 12.5 Å². The zero-order valence-corrected chi connectivity index (χ0v) is 12.8. The summed E-state index contributed by atoms with van der Waals surface area (Å²) in [5.74, 6) is 1.70. The first-order chi connectivity index (χ1) is 9.59. The van der Waals surface area contributed by atoms with Crippen LogP contribution in [0, 0.1) is 17.8 Å². The van der Waals surface area contributed by atoms with E-state index in [1.165, 1.54) is 24.0 Å². The second kappa shape index (κ2) is 5.23. The van der Waals surface area contributed by atoms with Crippen molar-refractivity contribution in [1.29, 1.82) is 0 Å². The minimum atomic E-state index is 0.210. The van der Waals surface area contributed by atoms with Gasteiger partial charge in [0.2, 0.25) is 5.91 Å². The van der Waals surface area contributed by atoms with Gasteiger partial charge in [0.1, 0.15) is 0 Å². The molecule has 0 spiro atoms. The minimum absolute atomic E-state index is 0.210. The Labute approximate surface area is 122 Å². The quantitative estimate of drug-likeness (QED) is 0.818. The second-order valence-corrected chi connectivity index (χ2v) is 6.80. The van der Waals surface area contributed by atoms with Gasteiger partial charge in [-0.15, -0.1) is 0 Å². The number of hydrogen-bond donors (Lipinski definition) is 0. The molecule has 0 saturated heterocycles. The third kappa shape index (κ3) is 2.36. The van der Waals surface area contributed by atoms with Crippen LogP contribution < -0.4 is 0 Å². The van der Waals surface area contributed by atoms with Crippen molar-refractivity contribution >= 4 is 5.91 Å². The molecule has 0 bridgehead atoms. The maximum atomic E-state index is 12.8. The van der Waals surface area contributed by atoms with E-state index in [1.807, 2.05) is 0 Å². The summed E-state index contributed by atoms with van der Waals surface area (Å²) in [5.41, 5.74) is 2.79. The van der Waals surface area contributed by atoms with Gasteiger partial charge in [-0.1, -0.05) is 45.0 Å². The fraction of sp³-hybridized carbons (Fsp3) is 0.611. The lowest BCUT2D eigenvalue weighted by Crippen LogP contribution is -2.44. The lowest BCUT2D eigenvalue weighted by molar-refractivity contribution is -0.139. The summed E-state index contributed by atoms with van der Waals surface area (Å²) in [7, 11) is 0. The number of hydrogen-bond acceptors (Lipinski definition) is 1. The molecule has 0 N–H and O–H groups in total. The van der Waals surface area contributed by atoms with Crippen molar-refractivity contribution in [2.45, 2.75) is 46.1 Å². The van der Waals surface area contributed by atoms with Crippen LogP contribution in [0.2, 0.25) is 0 Å². The summed E-state index contributed by atoms with van der Waals surface area (Å²) in [5, 5.41) is 0. The Hall–Kier alpha value is -1.31. The van der Waals surface area contributed by atoms with Crippen molar-refractivity contribution in [2.75, 3.05) is 6.54 Å². The molecule has 1 amide bonds. The first-order valence-electron chi connectivity index (χ1n) is 7.98. The molecule has 108 valence electrons. The van der Waals surface area contributed by atoms with Crippen molar-refractivity contribution in [3.8, 4) is 0 Å². The number of nitrogens with zero attached hydrogens (tertiary/aromatic N) is 1. The van der Waals surface area contributed by atoms with Crippen LogP contribution in [-0.4, -0.2) is 17.4 Å². The average molecular weight is 271 g/mol. The van der Waals surface area contributed by atoms with E-state index in [0.29, 0.717) is 17.7 Å². The highest BCUT2D eigenvalue weighted by Crippen LogP contribution is 2.41. The van der Waals surface area contributed by atoms with Crippen molar-refractivity contribution in [3.63, 3.8) is 0 Å². The van der Waals surface area contributed by atoms with Crippen molar-refractivity contribution in [2.24, 2.45) is 17.8 Å². The average Bonchev–Trinajstić information content (AvgIpc) is 3.28.